The van der Waals surface area contributed by atoms with E-state index >= 15 is 0 Å². The maximum absolute atomic E-state index is 11.7. The second-order valence-electron chi connectivity index (χ2n) is 4.65. The van der Waals surface area contributed by atoms with Gasteiger partial charge in [-0.15, -0.1) is 0 Å². The van der Waals surface area contributed by atoms with E-state index in [1.807, 2.05) is 13.0 Å². The monoisotopic (exact) mass is 238 g/mol. The first-order valence-electron chi connectivity index (χ1n) is 6.28. The number of rotatable bonds is 5. The molecule has 0 aromatic rings. The van der Waals surface area contributed by atoms with Gasteiger partial charge in [0.2, 0.25) is 5.91 Å². The van der Waals surface area contributed by atoms with E-state index in [4.69, 9.17) is 11.0 Å². The lowest BCUT2D eigenvalue weighted by Gasteiger charge is -2.37. The summed E-state index contributed by atoms with van der Waals surface area (Å²) in [6, 6.07) is 2.42. The van der Waals surface area contributed by atoms with Crippen molar-refractivity contribution in [2.24, 2.45) is 5.73 Å². The fraction of sp³-hybridized carbons (Fsp3) is 0.833. The molecule has 1 aliphatic heterocycles. The lowest BCUT2D eigenvalue weighted by atomic mass is 9.97. The number of nitrogens with zero attached hydrogens (tertiary/aromatic N) is 2. The number of carbonyl (C=O) groups is 1. The van der Waals surface area contributed by atoms with Crippen molar-refractivity contribution in [3.05, 3.63) is 0 Å². The van der Waals surface area contributed by atoms with Gasteiger partial charge in [0.05, 0.1) is 19.0 Å². The van der Waals surface area contributed by atoms with Crippen LogP contribution in [0.3, 0.4) is 0 Å². The largest absolute Gasteiger partial charge is 0.354 e. The highest BCUT2D eigenvalue weighted by molar-refractivity contribution is 5.78. The highest BCUT2D eigenvalue weighted by atomic mass is 16.2. The SMILES string of the molecule is CC(N)C1CCCCN1CC(=O)NCCC#N. The van der Waals surface area contributed by atoms with E-state index in [2.05, 4.69) is 10.2 Å². The Kier molecular flexibility index (Phi) is 5.95. The zero-order valence-electron chi connectivity index (χ0n) is 10.5. The Morgan fingerprint density at radius 2 is 2.41 bits per heavy atom. The average molecular weight is 238 g/mol. The van der Waals surface area contributed by atoms with Crippen LogP contribution in [0.25, 0.3) is 0 Å². The summed E-state index contributed by atoms with van der Waals surface area (Å²) in [5.41, 5.74) is 5.94. The van der Waals surface area contributed by atoms with Crippen molar-refractivity contribution in [1.82, 2.24) is 10.2 Å². The highest BCUT2D eigenvalue weighted by Crippen LogP contribution is 2.18. The third-order valence-corrected chi connectivity index (χ3v) is 3.18. The molecule has 1 rings (SSSR count). The maximum Gasteiger partial charge on any atom is 0.234 e. The predicted octanol–water partition coefficient (Wildman–Crippen LogP) is 0.218. The summed E-state index contributed by atoms with van der Waals surface area (Å²) in [5, 5.41) is 11.1. The van der Waals surface area contributed by atoms with Gasteiger partial charge in [0.15, 0.2) is 0 Å². The zero-order valence-corrected chi connectivity index (χ0v) is 10.5. The van der Waals surface area contributed by atoms with E-state index < -0.39 is 0 Å². The number of amides is 1. The van der Waals surface area contributed by atoms with Gasteiger partial charge in [0, 0.05) is 18.6 Å². The highest BCUT2D eigenvalue weighted by Gasteiger charge is 2.26. The van der Waals surface area contributed by atoms with Crippen LogP contribution in [0.4, 0.5) is 0 Å². The standard InChI is InChI=1S/C12H22N4O/c1-10(14)11-5-2-3-8-16(11)9-12(17)15-7-4-6-13/h10-11H,2-5,7-9,14H2,1H3,(H,15,17). The van der Waals surface area contributed by atoms with E-state index in [0.717, 1.165) is 19.4 Å². The van der Waals surface area contributed by atoms with Crippen molar-refractivity contribution in [3.63, 3.8) is 0 Å². The number of nitriles is 1. The number of likely N-dealkylation sites (tertiary alicyclic amines) is 1. The summed E-state index contributed by atoms with van der Waals surface area (Å²) >= 11 is 0. The first kappa shape index (κ1) is 13.9. The molecule has 1 fully saturated rings. The molecule has 96 valence electrons. The molecule has 0 saturated carbocycles. The summed E-state index contributed by atoms with van der Waals surface area (Å²) < 4.78 is 0. The van der Waals surface area contributed by atoms with Gasteiger partial charge in [-0.2, -0.15) is 5.26 Å². The molecule has 0 bridgehead atoms. The number of nitrogens with two attached hydrogens (primary N) is 1. The second-order valence-corrected chi connectivity index (χ2v) is 4.65. The molecule has 1 heterocycles. The van der Waals surface area contributed by atoms with Gasteiger partial charge in [0.25, 0.3) is 0 Å². The minimum Gasteiger partial charge on any atom is -0.354 e. The molecule has 1 saturated heterocycles. The van der Waals surface area contributed by atoms with Crippen molar-refractivity contribution in [2.45, 2.75) is 44.7 Å². The first-order valence-corrected chi connectivity index (χ1v) is 6.28. The van der Waals surface area contributed by atoms with Crippen molar-refractivity contribution in [3.8, 4) is 6.07 Å². The minimum absolute atomic E-state index is 0.00667. The zero-order chi connectivity index (χ0) is 12.7. The fourth-order valence-electron chi connectivity index (χ4n) is 2.31. The van der Waals surface area contributed by atoms with Crippen molar-refractivity contribution in [2.75, 3.05) is 19.6 Å². The summed E-state index contributed by atoms with van der Waals surface area (Å²) in [5.74, 6) is -0.00667. The Morgan fingerprint density at radius 1 is 1.65 bits per heavy atom. The summed E-state index contributed by atoms with van der Waals surface area (Å²) in [6.45, 7) is 3.78. The Hall–Kier alpha value is -1.12. The maximum atomic E-state index is 11.7. The Bertz CT molecular complexity index is 285. The molecule has 17 heavy (non-hydrogen) atoms. The van der Waals surface area contributed by atoms with Crippen LogP contribution in [0, 0.1) is 11.3 Å². The van der Waals surface area contributed by atoms with Crippen LogP contribution in [0.2, 0.25) is 0 Å². The number of piperidine rings is 1. The van der Waals surface area contributed by atoms with Crippen LogP contribution < -0.4 is 11.1 Å². The molecule has 1 aliphatic rings. The Balaban J connectivity index is 2.37. The number of nitrogens with one attached hydrogen (secondary N) is 1. The molecule has 2 unspecified atom stereocenters. The number of carbonyl (C=O) groups excluding carboxylic acids is 1. The molecule has 1 amide bonds. The molecule has 5 nitrogen and oxygen atoms in total. The van der Waals surface area contributed by atoms with Crippen molar-refractivity contribution < 1.29 is 4.79 Å². The van der Waals surface area contributed by atoms with Gasteiger partial charge in [0.1, 0.15) is 0 Å². The number of hydrogen-bond acceptors (Lipinski definition) is 4. The fourth-order valence-corrected chi connectivity index (χ4v) is 2.31. The summed E-state index contributed by atoms with van der Waals surface area (Å²) in [4.78, 5) is 13.8. The van der Waals surface area contributed by atoms with Crippen LogP contribution >= 0.6 is 0 Å². The Morgan fingerprint density at radius 3 is 3.06 bits per heavy atom. The summed E-state index contributed by atoms with van der Waals surface area (Å²) in [7, 11) is 0. The van der Waals surface area contributed by atoms with Crippen LogP contribution in [0.1, 0.15) is 32.6 Å². The molecule has 0 aromatic heterocycles. The second kappa shape index (κ2) is 7.25. The van der Waals surface area contributed by atoms with E-state index in [1.165, 1.54) is 6.42 Å². The van der Waals surface area contributed by atoms with Gasteiger partial charge in [-0.25, -0.2) is 0 Å². The minimum atomic E-state index is -0.00667. The van der Waals surface area contributed by atoms with Gasteiger partial charge < -0.3 is 11.1 Å². The first-order chi connectivity index (χ1) is 8.15. The van der Waals surface area contributed by atoms with Crippen molar-refractivity contribution >= 4 is 5.91 Å². The third-order valence-electron chi connectivity index (χ3n) is 3.18. The Labute approximate surface area is 103 Å². The third kappa shape index (κ3) is 4.72. The van der Waals surface area contributed by atoms with Crippen LogP contribution in [0.15, 0.2) is 0 Å². The van der Waals surface area contributed by atoms with Gasteiger partial charge in [-0.05, 0) is 26.3 Å². The van der Waals surface area contributed by atoms with Gasteiger partial charge in [-0.3, -0.25) is 9.69 Å². The van der Waals surface area contributed by atoms with E-state index in [0.29, 0.717) is 25.6 Å². The van der Waals surface area contributed by atoms with Gasteiger partial charge in [-0.1, -0.05) is 6.42 Å². The molecule has 2 atom stereocenters. The lowest BCUT2D eigenvalue weighted by Crippen LogP contribution is -2.52. The van der Waals surface area contributed by atoms with E-state index in [-0.39, 0.29) is 11.9 Å². The van der Waals surface area contributed by atoms with Crippen LogP contribution in [0.5, 0.6) is 0 Å². The molecule has 0 aliphatic carbocycles. The molecular weight excluding hydrogens is 216 g/mol. The average Bonchev–Trinajstić information content (AvgIpc) is 2.29. The molecule has 0 aromatic carbocycles. The van der Waals surface area contributed by atoms with Crippen molar-refractivity contribution in [1.29, 1.82) is 5.26 Å². The molecule has 0 radical (unpaired) electrons. The topological polar surface area (TPSA) is 82.2 Å². The summed E-state index contributed by atoms with van der Waals surface area (Å²) in [6.07, 6.45) is 3.76. The predicted molar refractivity (Wildman–Crippen MR) is 66.1 cm³/mol. The normalized spacial score (nSPS) is 22.8. The van der Waals surface area contributed by atoms with E-state index in [1.54, 1.807) is 0 Å². The molecule has 0 spiro atoms. The molecule has 3 N–H and O–H groups in total. The van der Waals surface area contributed by atoms with Crippen LogP contribution in [-0.4, -0.2) is 42.5 Å². The van der Waals surface area contributed by atoms with Crippen LogP contribution in [-0.2, 0) is 4.79 Å². The molecular formula is C12H22N4O. The van der Waals surface area contributed by atoms with E-state index in [9.17, 15) is 4.79 Å². The number of hydrogen-bond donors (Lipinski definition) is 2. The van der Waals surface area contributed by atoms with Gasteiger partial charge >= 0.3 is 0 Å². The smallest absolute Gasteiger partial charge is 0.234 e. The molecule has 5 heteroatoms. The lowest BCUT2D eigenvalue weighted by molar-refractivity contribution is -0.123. The quantitative estimate of drug-likeness (QED) is 0.671.